The van der Waals surface area contributed by atoms with E-state index in [1.807, 2.05) is 19.9 Å². The predicted octanol–water partition coefficient (Wildman–Crippen LogP) is 2.71. The van der Waals surface area contributed by atoms with E-state index in [1.165, 1.54) is 19.1 Å². The number of carbonyl (C=O) groups is 4. The maximum Gasteiger partial charge on any atom is 0.326 e. The third-order valence-electron chi connectivity index (χ3n) is 4.63. The van der Waals surface area contributed by atoms with E-state index < -0.39 is 30.4 Å². The Bertz CT molecular complexity index is 928. The molecule has 2 amide bonds. The molecule has 0 spiro atoms. The molecule has 6 nitrogen and oxygen atoms in total. The van der Waals surface area contributed by atoms with Crippen molar-refractivity contribution in [2.24, 2.45) is 0 Å². The minimum Gasteiger partial charge on any atom is -0.453 e. The molecule has 0 saturated heterocycles. The van der Waals surface area contributed by atoms with Gasteiger partial charge in [-0.1, -0.05) is 24.3 Å². The normalized spacial score (nSPS) is 14.1. The Labute approximate surface area is 156 Å². The van der Waals surface area contributed by atoms with Crippen molar-refractivity contribution < 1.29 is 23.9 Å². The molecular formula is C21H19NO5. The van der Waals surface area contributed by atoms with Crippen LogP contribution < -0.4 is 0 Å². The topological polar surface area (TPSA) is 80.8 Å². The second-order valence-electron chi connectivity index (χ2n) is 6.54. The van der Waals surface area contributed by atoms with Gasteiger partial charge in [-0.05, 0) is 50.1 Å². The molecule has 0 bridgehead atoms. The summed E-state index contributed by atoms with van der Waals surface area (Å²) < 4.78 is 5.16. The van der Waals surface area contributed by atoms with Gasteiger partial charge >= 0.3 is 5.97 Å². The zero-order chi connectivity index (χ0) is 19.7. The Morgan fingerprint density at radius 1 is 0.963 bits per heavy atom. The van der Waals surface area contributed by atoms with E-state index in [0.717, 1.165) is 16.0 Å². The van der Waals surface area contributed by atoms with Crippen molar-refractivity contribution >= 4 is 23.6 Å². The molecule has 3 rings (SSSR count). The number of ether oxygens (including phenoxy) is 1. The van der Waals surface area contributed by atoms with E-state index in [-0.39, 0.29) is 16.9 Å². The summed E-state index contributed by atoms with van der Waals surface area (Å²) >= 11 is 0. The Morgan fingerprint density at radius 3 is 2.11 bits per heavy atom. The number of ketones is 1. The number of rotatable bonds is 5. The Hall–Kier alpha value is -3.28. The van der Waals surface area contributed by atoms with Crippen LogP contribution in [0.15, 0.2) is 42.5 Å². The lowest BCUT2D eigenvalue weighted by atomic mass is 10.0. The number of imide groups is 1. The summed E-state index contributed by atoms with van der Waals surface area (Å²) in [7, 11) is 0. The highest BCUT2D eigenvalue weighted by atomic mass is 16.5. The van der Waals surface area contributed by atoms with Crippen LogP contribution in [0.4, 0.5) is 0 Å². The predicted molar refractivity (Wildman–Crippen MR) is 97.6 cm³/mol. The first-order valence-corrected chi connectivity index (χ1v) is 8.55. The van der Waals surface area contributed by atoms with Crippen molar-refractivity contribution in [2.45, 2.75) is 26.9 Å². The van der Waals surface area contributed by atoms with E-state index in [4.69, 9.17) is 4.74 Å². The fourth-order valence-corrected chi connectivity index (χ4v) is 2.93. The molecule has 0 radical (unpaired) electrons. The van der Waals surface area contributed by atoms with Gasteiger partial charge in [-0.25, -0.2) is 0 Å². The minimum atomic E-state index is -1.02. The summed E-state index contributed by atoms with van der Waals surface area (Å²) in [5.74, 6) is -2.23. The second kappa shape index (κ2) is 7.15. The van der Waals surface area contributed by atoms with Gasteiger partial charge < -0.3 is 4.74 Å². The first kappa shape index (κ1) is 18.5. The highest BCUT2D eigenvalue weighted by molar-refractivity contribution is 6.22. The Morgan fingerprint density at radius 2 is 1.56 bits per heavy atom. The van der Waals surface area contributed by atoms with Gasteiger partial charge in [0, 0.05) is 5.56 Å². The van der Waals surface area contributed by atoms with Gasteiger partial charge in [-0.15, -0.1) is 0 Å². The lowest BCUT2D eigenvalue weighted by Gasteiger charge is -2.16. The standard InChI is InChI=1S/C21H19NO5/c1-12-8-9-15(10-13(12)2)19(24)14(3)27-18(23)11-22-20(25)16-6-4-5-7-17(16)21(22)26/h4-10,14H,11H2,1-3H3. The average molecular weight is 365 g/mol. The van der Waals surface area contributed by atoms with E-state index >= 15 is 0 Å². The monoisotopic (exact) mass is 365 g/mol. The van der Waals surface area contributed by atoms with Gasteiger partial charge in [0.25, 0.3) is 11.8 Å². The molecule has 27 heavy (non-hydrogen) atoms. The van der Waals surface area contributed by atoms with Gasteiger partial charge in [-0.2, -0.15) is 0 Å². The zero-order valence-corrected chi connectivity index (χ0v) is 15.3. The molecule has 138 valence electrons. The van der Waals surface area contributed by atoms with Crippen molar-refractivity contribution in [3.63, 3.8) is 0 Å². The molecular weight excluding hydrogens is 346 g/mol. The molecule has 1 unspecified atom stereocenters. The second-order valence-corrected chi connectivity index (χ2v) is 6.54. The van der Waals surface area contributed by atoms with E-state index in [2.05, 4.69) is 0 Å². The summed E-state index contributed by atoms with van der Waals surface area (Å²) in [6.07, 6.45) is -1.02. The molecule has 6 heteroatoms. The smallest absolute Gasteiger partial charge is 0.326 e. The molecule has 0 fully saturated rings. The van der Waals surface area contributed by atoms with Crippen molar-refractivity contribution in [1.82, 2.24) is 4.90 Å². The lowest BCUT2D eigenvalue weighted by molar-refractivity contribution is -0.146. The summed E-state index contributed by atoms with van der Waals surface area (Å²) in [5.41, 5.74) is 2.98. The fraction of sp³-hybridized carbons (Fsp3) is 0.238. The quantitative estimate of drug-likeness (QED) is 0.462. The van der Waals surface area contributed by atoms with Crippen LogP contribution in [0.2, 0.25) is 0 Å². The Kier molecular flexibility index (Phi) is 4.90. The molecule has 1 aliphatic heterocycles. The van der Waals surface area contributed by atoms with Gasteiger partial charge in [0.2, 0.25) is 5.78 Å². The summed E-state index contributed by atoms with van der Waals surface area (Å²) in [4.78, 5) is 50.1. The molecule has 0 aliphatic carbocycles. The maximum absolute atomic E-state index is 12.5. The van der Waals surface area contributed by atoms with Crippen LogP contribution in [-0.2, 0) is 9.53 Å². The minimum absolute atomic E-state index is 0.259. The fourth-order valence-electron chi connectivity index (χ4n) is 2.93. The highest BCUT2D eigenvalue weighted by Crippen LogP contribution is 2.22. The first-order valence-electron chi connectivity index (χ1n) is 8.55. The van der Waals surface area contributed by atoms with E-state index in [0.29, 0.717) is 5.56 Å². The molecule has 2 aromatic carbocycles. The van der Waals surface area contributed by atoms with Crippen LogP contribution in [0.5, 0.6) is 0 Å². The number of aryl methyl sites for hydroxylation is 2. The van der Waals surface area contributed by atoms with Crippen LogP contribution in [-0.4, -0.2) is 41.1 Å². The first-order chi connectivity index (χ1) is 12.8. The van der Waals surface area contributed by atoms with Gasteiger partial charge in [0.05, 0.1) is 11.1 Å². The number of benzene rings is 2. The largest absolute Gasteiger partial charge is 0.453 e. The van der Waals surface area contributed by atoms with Crippen molar-refractivity contribution in [2.75, 3.05) is 6.54 Å². The lowest BCUT2D eigenvalue weighted by Crippen LogP contribution is -2.37. The molecule has 1 atom stereocenters. The van der Waals surface area contributed by atoms with Crippen LogP contribution in [0.1, 0.15) is 49.1 Å². The van der Waals surface area contributed by atoms with Gasteiger partial charge in [0.1, 0.15) is 6.54 Å². The molecule has 1 aliphatic rings. The number of Topliss-reactive ketones (excluding diaryl/α,β-unsaturated/α-hetero) is 1. The van der Waals surface area contributed by atoms with Crippen LogP contribution in [0, 0.1) is 13.8 Å². The SMILES string of the molecule is Cc1ccc(C(=O)C(C)OC(=O)CN2C(=O)c3ccccc3C2=O)cc1C. The molecule has 0 saturated carbocycles. The molecule has 0 N–H and O–H groups in total. The van der Waals surface area contributed by atoms with Crippen molar-refractivity contribution in [3.8, 4) is 0 Å². The highest BCUT2D eigenvalue weighted by Gasteiger charge is 2.37. The number of hydrogen-bond donors (Lipinski definition) is 0. The van der Waals surface area contributed by atoms with E-state index in [9.17, 15) is 19.2 Å². The molecule has 1 heterocycles. The number of fused-ring (bicyclic) bond motifs is 1. The van der Waals surface area contributed by atoms with Crippen LogP contribution in [0.25, 0.3) is 0 Å². The number of nitrogens with zero attached hydrogens (tertiary/aromatic N) is 1. The summed E-state index contributed by atoms with van der Waals surface area (Å²) in [5, 5.41) is 0. The summed E-state index contributed by atoms with van der Waals surface area (Å²) in [6.45, 7) is 4.77. The molecule has 0 aromatic heterocycles. The zero-order valence-electron chi connectivity index (χ0n) is 15.3. The molecule has 2 aromatic rings. The van der Waals surface area contributed by atoms with Gasteiger partial charge in [-0.3, -0.25) is 24.1 Å². The number of amides is 2. The number of hydrogen-bond acceptors (Lipinski definition) is 5. The van der Waals surface area contributed by atoms with Crippen LogP contribution in [0.3, 0.4) is 0 Å². The third kappa shape index (κ3) is 3.51. The van der Waals surface area contributed by atoms with Crippen molar-refractivity contribution in [1.29, 1.82) is 0 Å². The average Bonchev–Trinajstić information content (AvgIpc) is 2.88. The van der Waals surface area contributed by atoms with Crippen LogP contribution >= 0.6 is 0 Å². The maximum atomic E-state index is 12.5. The number of carbonyl (C=O) groups excluding carboxylic acids is 4. The Balaban J connectivity index is 1.66. The number of esters is 1. The van der Waals surface area contributed by atoms with Crippen molar-refractivity contribution in [3.05, 3.63) is 70.3 Å². The third-order valence-corrected chi connectivity index (χ3v) is 4.63. The van der Waals surface area contributed by atoms with E-state index in [1.54, 1.807) is 24.3 Å². The van der Waals surface area contributed by atoms with Gasteiger partial charge in [0.15, 0.2) is 6.10 Å². The summed E-state index contributed by atoms with van der Waals surface area (Å²) in [6, 6.07) is 11.6.